The van der Waals surface area contributed by atoms with E-state index in [0.29, 0.717) is 0 Å². The predicted octanol–water partition coefficient (Wildman–Crippen LogP) is 4.49. The van der Waals surface area contributed by atoms with Gasteiger partial charge in [-0.25, -0.2) is 4.31 Å². The molecule has 16 heavy (non-hydrogen) atoms. The number of rotatable bonds is 4. The quantitative estimate of drug-likeness (QED) is 0.450. The normalized spacial score (nSPS) is 25.1. The van der Waals surface area contributed by atoms with Gasteiger partial charge >= 0.3 is 0 Å². The van der Waals surface area contributed by atoms with Crippen molar-refractivity contribution in [3.63, 3.8) is 0 Å². The summed E-state index contributed by atoms with van der Waals surface area (Å²) in [4.78, 5) is 0. The summed E-state index contributed by atoms with van der Waals surface area (Å²) in [6.45, 7) is 0. The third-order valence-electron chi connectivity index (χ3n) is 4.08. The van der Waals surface area contributed by atoms with Gasteiger partial charge in [0, 0.05) is 12.1 Å². The second kappa shape index (κ2) is 7.17. The van der Waals surface area contributed by atoms with Crippen LogP contribution in [-0.2, 0) is 0 Å². The smallest absolute Gasteiger partial charge is 0.0509 e. The van der Waals surface area contributed by atoms with Crippen LogP contribution >= 0.6 is 24.6 Å². The average molecular weight is 259 g/mol. The fraction of sp³-hybridized carbons (Fsp3) is 1.00. The van der Waals surface area contributed by atoms with Crippen LogP contribution in [0, 0.1) is 0 Å². The standard InChI is InChI=1S/C13H25NS2/c15-11-16-14(12-7-3-1-4-8-12)13-9-5-2-6-10-13/h12-13,15H,1-11H2. The van der Waals surface area contributed by atoms with E-state index in [-0.39, 0.29) is 0 Å². The van der Waals surface area contributed by atoms with Crippen molar-refractivity contribution in [2.75, 3.05) is 5.08 Å². The summed E-state index contributed by atoms with van der Waals surface area (Å²) in [6.07, 6.45) is 14.4. The van der Waals surface area contributed by atoms with Crippen LogP contribution in [0.15, 0.2) is 0 Å². The molecule has 0 heterocycles. The number of thiol groups is 1. The van der Waals surface area contributed by atoms with Gasteiger partial charge in [0.05, 0.1) is 5.08 Å². The minimum atomic E-state index is 0.856. The van der Waals surface area contributed by atoms with Gasteiger partial charge in [-0.05, 0) is 25.7 Å². The highest BCUT2D eigenvalue weighted by molar-refractivity contribution is 8.07. The van der Waals surface area contributed by atoms with E-state index in [0.717, 1.165) is 17.2 Å². The maximum Gasteiger partial charge on any atom is 0.0509 e. The molecule has 2 rings (SSSR count). The molecule has 0 unspecified atom stereocenters. The van der Waals surface area contributed by atoms with Crippen LogP contribution in [0.4, 0.5) is 0 Å². The fourth-order valence-electron chi connectivity index (χ4n) is 3.25. The van der Waals surface area contributed by atoms with Crippen LogP contribution < -0.4 is 0 Å². The first-order valence-corrected chi connectivity index (χ1v) is 8.51. The van der Waals surface area contributed by atoms with Gasteiger partial charge in [-0.3, -0.25) is 0 Å². The second-order valence-corrected chi connectivity index (χ2v) is 6.91. The Balaban J connectivity index is 1.91. The molecule has 0 aromatic heterocycles. The number of hydrogen-bond acceptors (Lipinski definition) is 3. The van der Waals surface area contributed by atoms with Gasteiger partial charge in [0.1, 0.15) is 0 Å². The lowest BCUT2D eigenvalue weighted by molar-refractivity contribution is 0.185. The Morgan fingerprint density at radius 3 is 1.62 bits per heavy atom. The molecule has 2 aliphatic carbocycles. The van der Waals surface area contributed by atoms with Crippen molar-refractivity contribution in [1.82, 2.24) is 4.31 Å². The molecule has 2 saturated carbocycles. The molecular weight excluding hydrogens is 234 g/mol. The molecule has 0 saturated heterocycles. The van der Waals surface area contributed by atoms with Gasteiger partial charge in [0.15, 0.2) is 0 Å². The number of nitrogens with zero attached hydrogens (tertiary/aromatic N) is 1. The van der Waals surface area contributed by atoms with Crippen LogP contribution in [0.1, 0.15) is 64.2 Å². The van der Waals surface area contributed by atoms with E-state index < -0.39 is 0 Å². The summed E-state index contributed by atoms with van der Waals surface area (Å²) in [5.74, 6) is 0. The van der Waals surface area contributed by atoms with Crippen molar-refractivity contribution in [2.24, 2.45) is 0 Å². The molecule has 0 aromatic rings. The van der Waals surface area contributed by atoms with Crippen LogP contribution in [-0.4, -0.2) is 21.5 Å². The fourth-order valence-corrected chi connectivity index (χ4v) is 4.62. The van der Waals surface area contributed by atoms with E-state index >= 15 is 0 Å². The van der Waals surface area contributed by atoms with Crippen molar-refractivity contribution < 1.29 is 0 Å². The van der Waals surface area contributed by atoms with Gasteiger partial charge in [-0.15, -0.1) is 0 Å². The summed E-state index contributed by atoms with van der Waals surface area (Å²) < 4.78 is 2.74. The maximum atomic E-state index is 4.42. The van der Waals surface area contributed by atoms with Crippen LogP contribution in [0.3, 0.4) is 0 Å². The monoisotopic (exact) mass is 259 g/mol. The molecule has 0 radical (unpaired) electrons. The minimum absolute atomic E-state index is 0.856. The summed E-state index contributed by atoms with van der Waals surface area (Å²) >= 11 is 6.41. The van der Waals surface area contributed by atoms with Crippen molar-refractivity contribution in [3.8, 4) is 0 Å². The van der Waals surface area contributed by atoms with E-state index in [1.165, 1.54) is 64.2 Å². The van der Waals surface area contributed by atoms with E-state index in [1.54, 1.807) is 0 Å². The molecule has 94 valence electrons. The molecule has 0 N–H and O–H groups in total. The van der Waals surface area contributed by atoms with E-state index in [1.807, 2.05) is 11.9 Å². The Morgan fingerprint density at radius 1 is 0.812 bits per heavy atom. The zero-order valence-corrected chi connectivity index (χ0v) is 11.9. The van der Waals surface area contributed by atoms with Crippen LogP contribution in [0.5, 0.6) is 0 Å². The van der Waals surface area contributed by atoms with Gasteiger partial charge in [-0.2, -0.15) is 12.6 Å². The third-order valence-corrected chi connectivity index (χ3v) is 5.43. The average Bonchev–Trinajstić information content (AvgIpc) is 2.38. The van der Waals surface area contributed by atoms with Gasteiger partial charge in [-0.1, -0.05) is 50.5 Å². The Morgan fingerprint density at radius 2 is 1.25 bits per heavy atom. The minimum Gasteiger partial charge on any atom is -0.244 e. The molecule has 0 aromatic carbocycles. The molecule has 0 spiro atoms. The Hall–Kier alpha value is 0.660. The van der Waals surface area contributed by atoms with Crippen LogP contribution in [0.2, 0.25) is 0 Å². The largest absolute Gasteiger partial charge is 0.244 e. The molecule has 0 amide bonds. The SMILES string of the molecule is SCSN(C1CCCCC1)C1CCCCC1. The topological polar surface area (TPSA) is 3.24 Å². The van der Waals surface area contributed by atoms with Crippen LogP contribution in [0.25, 0.3) is 0 Å². The first kappa shape index (κ1) is 13.1. The third kappa shape index (κ3) is 3.58. The lowest BCUT2D eigenvalue weighted by Gasteiger charge is -2.40. The molecule has 2 fully saturated rings. The highest BCUT2D eigenvalue weighted by atomic mass is 32.2. The van der Waals surface area contributed by atoms with E-state index in [9.17, 15) is 0 Å². The molecule has 0 aliphatic heterocycles. The first-order valence-electron chi connectivity index (χ1n) is 6.94. The highest BCUT2D eigenvalue weighted by Gasteiger charge is 2.28. The Bertz CT molecular complexity index is 168. The van der Waals surface area contributed by atoms with Crippen molar-refractivity contribution >= 4 is 24.6 Å². The molecular formula is C13H25NS2. The maximum absolute atomic E-state index is 4.42. The van der Waals surface area contributed by atoms with Crippen molar-refractivity contribution in [1.29, 1.82) is 0 Å². The summed E-state index contributed by atoms with van der Waals surface area (Å²) in [5.41, 5.74) is 0. The van der Waals surface area contributed by atoms with Gasteiger partial charge in [0.25, 0.3) is 0 Å². The Kier molecular flexibility index (Phi) is 5.87. The summed E-state index contributed by atoms with van der Waals surface area (Å²) in [7, 11) is 0. The highest BCUT2D eigenvalue weighted by Crippen LogP contribution is 2.34. The zero-order chi connectivity index (χ0) is 11.2. The molecule has 1 nitrogen and oxygen atoms in total. The van der Waals surface area contributed by atoms with E-state index in [2.05, 4.69) is 16.9 Å². The number of hydrogen-bond donors (Lipinski definition) is 1. The summed E-state index contributed by atoms with van der Waals surface area (Å²) in [6, 6.07) is 1.71. The van der Waals surface area contributed by atoms with Crippen molar-refractivity contribution in [2.45, 2.75) is 76.3 Å². The van der Waals surface area contributed by atoms with Gasteiger partial charge in [0.2, 0.25) is 0 Å². The Labute approximate surface area is 110 Å². The molecule has 3 heteroatoms. The van der Waals surface area contributed by atoms with Gasteiger partial charge < -0.3 is 0 Å². The predicted molar refractivity (Wildman–Crippen MR) is 77.0 cm³/mol. The van der Waals surface area contributed by atoms with Crippen molar-refractivity contribution in [3.05, 3.63) is 0 Å². The zero-order valence-electron chi connectivity index (χ0n) is 10.2. The summed E-state index contributed by atoms with van der Waals surface area (Å²) in [5, 5.41) is 0.951. The second-order valence-electron chi connectivity index (χ2n) is 5.20. The molecule has 2 aliphatic rings. The lowest BCUT2D eigenvalue weighted by atomic mass is 9.91. The van der Waals surface area contributed by atoms with E-state index in [4.69, 9.17) is 0 Å². The first-order chi connectivity index (χ1) is 7.92. The lowest BCUT2D eigenvalue weighted by Crippen LogP contribution is -2.40. The molecule has 0 bridgehead atoms. The molecule has 0 atom stereocenters.